The number of rotatable bonds is 4. The van der Waals surface area contributed by atoms with Gasteiger partial charge in [-0.25, -0.2) is 4.79 Å². The van der Waals surface area contributed by atoms with Crippen LogP contribution in [0.5, 0.6) is 0 Å². The Kier molecular flexibility index (Phi) is 4.17. The largest absolute Gasteiger partial charge is 0.433 e. The van der Waals surface area contributed by atoms with Crippen molar-refractivity contribution >= 4 is 17.8 Å². The zero-order valence-electron chi connectivity index (χ0n) is 13.8. The molecule has 0 bridgehead atoms. The van der Waals surface area contributed by atoms with Gasteiger partial charge in [-0.15, -0.1) is 0 Å². The number of hydrogen-bond donors (Lipinski definition) is 1. The van der Waals surface area contributed by atoms with Gasteiger partial charge in [-0.3, -0.25) is 14.5 Å². The first kappa shape index (κ1) is 16.1. The molecule has 7 nitrogen and oxygen atoms in total. The summed E-state index contributed by atoms with van der Waals surface area (Å²) >= 11 is 0. The molecule has 3 aliphatic heterocycles. The maximum Gasteiger partial charge on any atom is 0.340 e. The molecule has 0 spiro atoms. The third kappa shape index (κ3) is 2.89. The third-order valence-electron chi connectivity index (χ3n) is 5.00. The van der Waals surface area contributed by atoms with Crippen molar-refractivity contribution in [1.82, 2.24) is 10.2 Å². The Labute approximate surface area is 145 Å². The molecule has 1 N–H and O–H groups in total. The van der Waals surface area contributed by atoms with Gasteiger partial charge < -0.3 is 14.8 Å². The minimum atomic E-state index is -0.822. The highest BCUT2D eigenvalue weighted by atomic mass is 16.6. The summed E-state index contributed by atoms with van der Waals surface area (Å²) in [5.41, 5.74) is 1.09. The molecule has 1 aromatic rings. The lowest BCUT2D eigenvalue weighted by Crippen LogP contribution is -2.47. The Hall–Kier alpha value is -2.41. The maximum atomic E-state index is 12.6. The number of esters is 1. The van der Waals surface area contributed by atoms with Gasteiger partial charge >= 0.3 is 5.97 Å². The molecule has 1 aromatic carbocycles. The van der Waals surface area contributed by atoms with Crippen LogP contribution in [-0.4, -0.2) is 48.0 Å². The van der Waals surface area contributed by atoms with Crippen molar-refractivity contribution in [3.8, 4) is 0 Å². The minimum absolute atomic E-state index is 0.0412. The van der Waals surface area contributed by atoms with Crippen molar-refractivity contribution in [2.75, 3.05) is 13.2 Å². The normalized spacial score (nSPS) is 28.2. The fraction of sp³-hybridized carbons (Fsp3) is 0.500. The first-order chi connectivity index (χ1) is 12.1. The zero-order chi connectivity index (χ0) is 17.4. The molecule has 0 aromatic heterocycles. The first-order valence-corrected chi connectivity index (χ1v) is 8.65. The number of ether oxygens (including phenoxy) is 2. The topological polar surface area (TPSA) is 84.9 Å². The van der Waals surface area contributed by atoms with Crippen LogP contribution in [-0.2, 0) is 19.1 Å². The lowest BCUT2D eigenvalue weighted by Gasteiger charge is -2.29. The Balaban J connectivity index is 1.50. The van der Waals surface area contributed by atoms with Crippen molar-refractivity contribution in [2.45, 2.75) is 44.1 Å². The second-order valence-corrected chi connectivity index (χ2v) is 6.58. The molecule has 7 heteroatoms. The monoisotopic (exact) mass is 344 g/mol. The van der Waals surface area contributed by atoms with Crippen LogP contribution in [0.15, 0.2) is 24.3 Å². The van der Waals surface area contributed by atoms with E-state index in [2.05, 4.69) is 5.32 Å². The standard InChI is InChI=1S/C18H20N2O5/c21-15-8-7-14(16(22)19-10-11-4-3-9-24-11)20(15)17-12-5-1-2-6-13(12)18(23)25-17/h1-2,5-6,11,14,17H,3-4,7-10H2,(H,19,22)/t11-,14-,17-/m0/s1. The number of benzene rings is 1. The van der Waals surface area contributed by atoms with E-state index in [1.807, 2.05) is 0 Å². The summed E-state index contributed by atoms with van der Waals surface area (Å²) in [5.74, 6) is -0.854. The van der Waals surface area contributed by atoms with E-state index in [0.29, 0.717) is 24.1 Å². The van der Waals surface area contributed by atoms with Gasteiger partial charge in [-0.1, -0.05) is 18.2 Å². The number of nitrogens with one attached hydrogen (secondary N) is 1. The zero-order valence-corrected chi connectivity index (χ0v) is 13.8. The van der Waals surface area contributed by atoms with Crippen LogP contribution < -0.4 is 5.32 Å². The lowest BCUT2D eigenvalue weighted by molar-refractivity contribution is -0.145. The molecular formula is C18H20N2O5. The second kappa shape index (κ2) is 6.48. The number of fused-ring (bicyclic) bond motifs is 1. The fourth-order valence-corrected chi connectivity index (χ4v) is 3.72. The van der Waals surface area contributed by atoms with Crippen molar-refractivity contribution in [1.29, 1.82) is 0 Å². The number of cyclic esters (lactones) is 1. The van der Waals surface area contributed by atoms with Crippen LogP contribution in [0.1, 0.15) is 47.8 Å². The average molecular weight is 344 g/mol. The summed E-state index contributed by atoms with van der Waals surface area (Å²) in [4.78, 5) is 38.4. The predicted octanol–water partition coefficient (Wildman–Crippen LogP) is 1.14. The van der Waals surface area contributed by atoms with E-state index in [0.717, 1.165) is 19.4 Å². The lowest BCUT2D eigenvalue weighted by atomic mass is 10.1. The molecule has 3 atom stereocenters. The summed E-state index contributed by atoms with van der Waals surface area (Å²) in [5, 5.41) is 2.88. The number of nitrogens with zero attached hydrogens (tertiary/aromatic N) is 1. The Morgan fingerprint density at radius 2 is 2.08 bits per heavy atom. The molecule has 132 valence electrons. The van der Waals surface area contributed by atoms with Gasteiger partial charge in [0.25, 0.3) is 0 Å². The molecular weight excluding hydrogens is 324 g/mol. The van der Waals surface area contributed by atoms with Gasteiger partial charge in [0.2, 0.25) is 18.0 Å². The van der Waals surface area contributed by atoms with Crippen molar-refractivity contribution in [3.05, 3.63) is 35.4 Å². The van der Waals surface area contributed by atoms with E-state index in [4.69, 9.17) is 9.47 Å². The van der Waals surface area contributed by atoms with Crippen molar-refractivity contribution < 1.29 is 23.9 Å². The smallest absolute Gasteiger partial charge is 0.340 e. The molecule has 25 heavy (non-hydrogen) atoms. The van der Waals surface area contributed by atoms with E-state index in [-0.39, 0.29) is 24.3 Å². The molecule has 4 rings (SSSR count). The Bertz CT molecular complexity index is 713. The Morgan fingerprint density at radius 3 is 2.88 bits per heavy atom. The Morgan fingerprint density at radius 1 is 1.24 bits per heavy atom. The molecule has 0 saturated carbocycles. The minimum Gasteiger partial charge on any atom is -0.433 e. The van der Waals surface area contributed by atoms with Gasteiger partial charge in [0, 0.05) is 25.1 Å². The van der Waals surface area contributed by atoms with Crippen LogP contribution in [0.25, 0.3) is 0 Å². The third-order valence-corrected chi connectivity index (χ3v) is 5.00. The highest BCUT2D eigenvalue weighted by molar-refractivity contribution is 5.96. The summed E-state index contributed by atoms with van der Waals surface area (Å²) < 4.78 is 10.9. The average Bonchev–Trinajstić information content (AvgIpc) is 3.33. The van der Waals surface area contributed by atoms with Crippen molar-refractivity contribution in [2.24, 2.45) is 0 Å². The van der Waals surface area contributed by atoms with Crippen LogP contribution in [0, 0.1) is 0 Å². The fourth-order valence-electron chi connectivity index (χ4n) is 3.72. The summed E-state index contributed by atoms with van der Waals surface area (Å²) in [7, 11) is 0. The van der Waals surface area contributed by atoms with E-state index in [1.165, 1.54) is 4.90 Å². The van der Waals surface area contributed by atoms with E-state index >= 15 is 0 Å². The molecule has 2 saturated heterocycles. The summed E-state index contributed by atoms with van der Waals surface area (Å²) in [6.45, 7) is 1.17. The number of likely N-dealkylation sites (tertiary alicyclic amines) is 1. The van der Waals surface area contributed by atoms with E-state index in [1.54, 1.807) is 24.3 Å². The summed E-state index contributed by atoms with van der Waals surface area (Å²) in [6.07, 6.45) is 1.85. The molecule has 3 heterocycles. The van der Waals surface area contributed by atoms with Crippen LogP contribution in [0.2, 0.25) is 0 Å². The molecule has 0 radical (unpaired) electrons. The molecule has 0 unspecified atom stereocenters. The van der Waals surface area contributed by atoms with Crippen LogP contribution >= 0.6 is 0 Å². The first-order valence-electron chi connectivity index (χ1n) is 8.65. The molecule has 3 aliphatic rings. The molecule has 2 fully saturated rings. The number of hydrogen-bond acceptors (Lipinski definition) is 5. The number of carbonyl (C=O) groups excluding carboxylic acids is 3. The second-order valence-electron chi connectivity index (χ2n) is 6.58. The van der Waals surface area contributed by atoms with Crippen LogP contribution in [0.4, 0.5) is 0 Å². The van der Waals surface area contributed by atoms with Crippen molar-refractivity contribution in [3.63, 3.8) is 0 Å². The summed E-state index contributed by atoms with van der Waals surface area (Å²) in [6, 6.07) is 6.35. The SMILES string of the molecule is O=C1O[C@H](N2C(=O)CC[C@H]2C(=O)NC[C@@H]2CCCO2)c2ccccc21. The highest BCUT2D eigenvalue weighted by Crippen LogP contribution is 2.38. The van der Waals surface area contributed by atoms with Gasteiger partial charge in [-0.05, 0) is 25.3 Å². The predicted molar refractivity (Wildman–Crippen MR) is 86.5 cm³/mol. The van der Waals surface area contributed by atoms with Gasteiger partial charge in [0.1, 0.15) is 6.04 Å². The van der Waals surface area contributed by atoms with Gasteiger partial charge in [0.15, 0.2) is 0 Å². The molecule has 2 amide bonds. The van der Waals surface area contributed by atoms with E-state index in [9.17, 15) is 14.4 Å². The quantitative estimate of drug-likeness (QED) is 0.828. The highest BCUT2D eigenvalue weighted by Gasteiger charge is 2.46. The van der Waals surface area contributed by atoms with E-state index < -0.39 is 18.2 Å². The van der Waals surface area contributed by atoms with Crippen LogP contribution in [0.3, 0.4) is 0 Å². The molecule has 0 aliphatic carbocycles. The number of amides is 2. The number of carbonyl (C=O) groups is 3. The van der Waals surface area contributed by atoms with Gasteiger partial charge in [-0.2, -0.15) is 0 Å². The van der Waals surface area contributed by atoms with Gasteiger partial charge in [0.05, 0.1) is 11.7 Å². The maximum absolute atomic E-state index is 12.6.